The topological polar surface area (TPSA) is 67.0 Å². The first-order valence-corrected chi connectivity index (χ1v) is 8.25. The van der Waals surface area contributed by atoms with Crippen molar-refractivity contribution in [2.45, 2.75) is 26.4 Å². The number of aromatic nitrogens is 2. The first-order chi connectivity index (χ1) is 12.1. The molecule has 5 nitrogen and oxygen atoms in total. The minimum atomic E-state index is -0.163. The van der Waals surface area contributed by atoms with Crippen LogP contribution < -0.4 is 15.6 Å². The molecule has 0 aliphatic heterocycles. The molecule has 0 spiro atoms. The number of hydrogen-bond acceptors (Lipinski definition) is 4. The van der Waals surface area contributed by atoms with Gasteiger partial charge in [0.1, 0.15) is 12.4 Å². The molecule has 3 aromatic rings. The highest BCUT2D eigenvalue weighted by Crippen LogP contribution is 2.19. The quantitative estimate of drug-likeness (QED) is 0.708. The molecular formula is C20H21N3O2. The lowest BCUT2D eigenvalue weighted by Crippen LogP contribution is -2.12. The SMILES string of the molecule is CC(C)c1cc(=O)[nH]c(Nc2ccc(OCc3ccccc3)cc2)n1. The summed E-state index contributed by atoms with van der Waals surface area (Å²) in [6.07, 6.45) is 0. The summed E-state index contributed by atoms with van der Waals surface area (Å²) < 4.78 is 5.77. The van der Waals surface area contributed by atoms with E-state index in [2.05, 4.69) is 15.3 Å². The Morgan fingerprint density at radius 2 is 1.80 bits per heavy atom. The molecule has 0 bridgehead atoms. The third-order valence-electron chi connectivity index (χ3n) is 3.72. The molecular weight excluding hydrogens is 314 g/mol. The zero-order valence-electron chi connectivity index (χ0n) is 14.3. The molecule has 1 heterocycles. The molecule has 0 aliphatic carbocycles. The van der Waals surface area contributed by atoms with Crippen LogP contribution in [-0.4, -0.2) is 9.97 Å². The molecule has 5 heteroatoms. The van der Waals surface area contributed by atoms with E-state index in [9.17, 15) is 4.79 Å². The summed E-state index contributed by atoms with van der Waals surface area (Å²) in [5.74, 6) is 1.41. The Balaban J connectivity index is 1.65. The van der Waals surface area contributed by atoms with Crippen molar-refractivity contribution in [3.8, 4) is 5.75 Å². The summed E-state index contributed by atoms with van der Waals surface area (Å²) in [5.41, 5.74) is 2.55. The lowest BCUT2D eigenvalue weighted by atomic mass is 10.1. The van der Waals surface area contributed by atoms with E-state index in [0.717, 1.165) is 22.7 Å². The maximum atomic E-state index is 11.7. The van der Waals surface area contributed by atoms with Gasteiger partial charge in [0.05, 0.1) is 5.69 Å². The fraction of sp³-hybridized carbons (Fsp3) is 0.200. The highest BCUT2D eigenvalue weighted by atomic mass is 16.5. The fourth-order valence-electron chi connectivity index (χ4n) is 2.34. The summed E-state index contributed by atoms with van der Waals surface area (Å²) in [7, 11) is 0. The summed E-state index contributed by atoms with van der Waals surface area (Å²) in [6, 6.07) is 19.1. The third kappa shape index (κ3) is 4.70. The van der Waals surface area contributed by atoms with Gasteiger partial charge in [-0.1, -0.05) is 44.2 Å². The smallest absolute Gasteiger partial charge is 0.252 e. The second-order valence-electron chi connectivity index (χ2n) is 6.10. The van der Waals surface area contributed by atoms with Crippen LogP contribution in [0.15, 0.2) is 65.5 Å². The normalized spacial score (nSPS) is 10.7. The number of benzene rings is 2. The Bertz CT molecular complexity index is 871. The third-order valence-corrected chi connectivity index (χ3v) is 3.72. The van der Waals surface area contributed by atoms with Gasteiger partial charge in [-0.15, -0.1) is 0 Å². The van der Waals surface area contributed by atoms with E-state index in [-0.39, 0.29) is 11.5 Å². The van der Waals surface area contributed by atoms with Gasteiger partial charge >= 0.3 is 0 Å². The van der Waals surface area contributed by atoms with E-state index in [1.165, 1.54) is 6.07 Å². The molecule has 3 rings (SSSR count). The standard InChI is InChI=1S/C20H21N3O2/c1-14(2)18-12-19(24)23-20(22-18)21-16-8-10-17(11-9-16)25-13-15-6-4-3-5-7-15/h3-12,14H,13H2,1-2H3,(H2,21,22,23,24). The monoisotopic (exact) mass is 335 g/mol. The molecule has 0 radical (unpaired) electrons. The Hall–Kier alpha value is -3.08. The van der Waals surface area contributed by atoms with Crippen molar-refractivity contribution >= 4 is 11.6 Å². The van der Waals surface area contributed by atoms with Gasteiger partial charge in [-0.25, -0.2) is 4.98 Å². The van der Waals surface area contributed by atoms with Gasteiger partial charge in [-0.05, 0) is 35.7 Å². The number of nitrogens with one attached hydrogen (secondary N) is 2. The number of nitrogens with zero attached hydrogens (tertiary/aromatic N) is 1. The minimum Gasteiger partial charge on any atom is -0.489 e. The Kier molecular flexibility index (Phi) is 5.14. The van der Waals surface area contributed by atoms with Crippen molar-refractivity contribution in [3.05, 3.63) is 82.3 Å². The summed E-state index contributed by atoms with van der Waals surface area (Å²) in [5, 5.41) is 3.12. The van der Waals surface area contributed by atoms with Gasteiger partial charge in [0.2, 0.25) is 5.95 Å². The molecule has 0 unspecified atom stereocenters. The molecule has 0 amide bonds. The van der Waals surface area contributed by atoms with Crippen molar-refractivity contribution in [1.82, 2.24) is 9.97 Å². The van der Waals surface area contributed by atoms with Gasteiger partial charge in [0.15, 0.2) is 0 Å². The van der Waals surface area contributed by atoms with E-state index >= 15 is 0 Å². The second-order valence-corrected chi connectivity index (χ2v) is 6.10. The van der Waals surface area contributed by atoms with Crippen LogP contribution in [0.3, 0.4) is 0 Å². The average Bonchev–Trinajstić information content (AvgIpc) is 2.61. The predicted octanol–water partition coefficient (Wildman–Crippen LogP) is 4.22. The largest absolute Gasteiger partial charge is 0.489 e. The van der Waals surface area contributed by atoms with Crippen LogP contribution in [0, 0.1) is 0 Å². The van der Waals surface area contributed by atoms with Crippen molar-refractivity contribution in [3.63, 3.8) is 0 Å². The van der Waals surface area contributed by atoms with Crippen LogP contribution in [-0.2, 0) is 6.61 Å². The number of aromatic amines is 1. The number of anilines is 2. The van der Waals surface area contributed by atoms with E-state index in [1.54, 1.807) is 0 Å². The van der Waals surface area contributed by atoms with Crippen LogP contribution in [0.1, 0.15) is 31.0 Å². The van der Waals surface area contributed by atoms with Gasteiger partial charge < -0.3 is 10.1 Å². The van der Waals surface area contributed by atoms with Crippen LogP contribution in [0.5, 0.6) is 5.75 Å². The molecule has 0 atom stereocenters. The Morgan fingerprint density at radius 1 is 1.08 bits per heavy atom. The fourth-order valence-corrected chi connectivity index (χ4v) is 2.34. The molecule has 0 saturated heterocycles. The van der Waals surface area contributed by atoms with Crippen LogP contribution in [0.25, 0.3) is 0 Å². The maximum absolute atomic E-state index is 11.7. The molecule has 1 aromatic heterocycles. The first-order valence-electron chi connectivity index (χ1n) is 8.25. The number of H-pyrrole nitrogens is 1. The molecule has 0 aliphatic rings. The summed E-state index contributed by atoms with van der Waals surface area (Å²) in [6.45, 7) is 4.54. The van der Waals surface area contributed by atoms with Gasteiger partial charge in [0, 0.05) is 11.8 Å². The molecule has 0 fully saturated rings. The van der Waals surface area contributed by atoms with E-state index in [1.807, 2.05) is 68.4 Å². The van der Waals surface area contributed by atoms with Gasteiger partial charge in [0.25, 0.3) is 5.56 Å². The lowest BCUT2D eigenvalue weighted by Gasteiger charge is -2.10. The lowest BCUT2D eigenvalue weighted by molar-refractivity contribution is 0.306. The van der Waals surface area contributed by atoms with Crippen LogP contribution in [0.4, 0.5) is 11.6 Å². The van der Waals surface area contributed by atoms with Crippen molar-refractivity contribution in [1.29, 1.82) is 0 Å². The zero-order chi connectivity index (χ0) is 17.6. The van der Waals surface area contributed by atoms with E-state index in [4.69, 9.17) is 4.74 Å². The van der Waals surface area contributed by atoms with Gasteiger partial charge in [-0.2, -0.15) is 0 Å². The van der Waals surface area contributed by atoms with Crippen molar-refractivity contribution in [2.75, 3.05) is 5.32 Å². The Morgan fingerprint density at radius 3 is 2.48 bits per heavy atom. The molecule has 25 heavy (non-hydrogen) atoms. The van der Waals surface area contributed by atoms with Gasteiger partial charge in [-0.3, -0.25) is 9.78 Å². The highest BCUT2D eigenvalue weighted by Gasteiger charge is 2.05. The number of ether oxygens (including phenoxy) is 1. The second kappa shape index (κ2) is 7.66. The molecule has 128 valence electrons. The Labute approximate surface area is 146 Å². The van der Waals surface area contributed by atoms with Crippen molar-refractivity contribution < 1.29 is 4.74 Å². The number of hydrogen-bond donors (Lipinski definition) is 2. The zero-order valence-corrected chi connectivity index (χ0v) is 14.3. The maximum Gasteiger partial charge on any atom is 0.252 e. The van der Waals surface area contributed by atoms with Crippen molar-refractivity contribution in [2.24, 2.45) is 0 Å². The summed E-state index contributed by atoms with van der Waals surface area (Å²) in [4.78, 5) is 18.9. The van der Waals surface area contributed by atoms with E-state index < -0.39 is 0 Å². The minimum absolute atomic E-state index is 0.163. The van der Waals surface area contributed by atoms with Crippen LogP contribution >= 0.6 is 0 Å². The molecule has 0 saturated carbocycles. The highest BCUT2D eigenvalue weighted by molar-refractivity contribution is 5.54. The van der Waals surface area contributed by atoms with Crippen LogP contribution in [0.2, 0.25) is 0 Å². The molecule has 2 N–H and O–H groups in total. The summed E-state index contributed by atoms with van der Waals surface area (Å²) >= 11 is 0. The molecule has 2 aromatic carbocycles. The predicted molar refractivity (Wildman–Crippen MR) is 99.4 cm³/mol. The average molecular weight is 335 g/mol. The number of rotatable bonds is 6. The first kappa shape index (κ1) is 16.8. The van der Waals surface area contributed by atoms with E-state index in [0.29, 0.717) is 12.6 Å².